The summed E-state index contributed by atoms with van der Waals surface area (Å²) in [5.74, 6) is -1.42. The van der Waals surface area contributed by atoms with Crippen molar-refractivity contribution in [1.29, 1.82) is 0 Å². The molecule has 1 heterocycles. The van der Waals surface area contributed by atoms with Crippen LogP contribution in [0.25, 0.3) is 5.57 Å². The monoisotopic (exact) mass is 419 g/mol. The van der Waals surface area contributed by atoms with Gasteiger partial charge in [-0.3, -0.25) is 4.79 Å². The molecule has 6 nitrogen and oxygen atoms in total. The second-order valence-corrected chi connectivity index (χ2v) is 7.12. The second kappa shape index (κ2) is 7.98. The highest BCUT2D eigenvalue weighted by molar-refractivity contribution is 6.41. The number of hydrogen-bond acceptors (Lipinski definition) is 5. The molecule has 1 amide bonds. The number of methoxy groups -OCH3 is 1. The van der Waals surface area contributed by atoms with Crippen LogP contribution >= 0.6 is 34.8 Å². The van der Waals surface area contributed by atoms with Gasteiger partial charge in [0.1, 0.15) is 16.3 Å². The van der Waals surface area contributed by atoms with Gasteiger partial charge in [-0.25, -0.2) is 14.7 Å². The average Bonchev–Trinajstić information content (AvgIpc) is 2.72. The van der Waals surface area contributed by atoms with Gasteiger partial charge in [0.15, 0.2) is 6.79 Å². The molecule has 0 unspecified atom stereocenters. The summed E-state index contributed by atoms with van der Waals surface area (Å²) in [6, 6.07) is 4.59. The maximum Gasteiger partial charge on any atom is 0.354 e. The van der Waals surface area contributed by atoms with Gasteiger partial charge in [0.2, 0.25) is 0 Å². The minimum Gasteiger partial charge on any atom is -0.423 e. The van der Waals surface area contributed by atoms with Crippen LogP contribution in [0.3, 0.4) is 0 Å². The highest BCUT2D eigenvalue weighted by Gasteiger charge is 2.50. The predicted octanol–water partition coefficient (Wildman–Crippen LogP) is 4.16. The molecule has 0 spiro atoms. The molecular weight excluding hydrogens is 405 g/mol. The number of hydroxylamine groups is 2. The van der Waals surface area contributed by atoms with E-state index >= 15 is 0 Å². The first-order chi connectivity index (χ1) is 12.1. The summed E-state index contributed by atoms with van der Waals surface area (Å²) in [6.07, 6.45) is 0. The van der Waals surface area contributed by atoms with Crippen molar-refractivity contribution in [2.24, 2.45) is 0 Å². The van der Waals surface area contributed by atoms with Crippen LogP contribution in [0, 0.1) is 0 Å². The summed E-state index contributed by atoms with van der Waals surface area (Å²) in [5.41, 5.74) is -0.754. The van der Waals surface area contributed by atoms with Gasteiger partial charge in [-0.05, 0) is 26.0 Å². The highest BCUT2D eigenvalue weighted by atomic mass is 35.5. The zero-order chi connectivity index (χ0) is 19.6. The maximum atomic E-state index is 13.0. The van der Waals surface area contributed by atoms with Gasteiger partial charge in [-0.2, -0.15) is 0 Å². The van der Waals surface area contributed by atoms with Crippen molar-refractivity contribution in [1.82, 2.24) is 5.06 Å². The molecule has 0 fully saturated rings. The lowest BCUT2D eigenvalue weighted by atomic mass is 9.99. The smallest absolute Gasteiger partial charge is 0.354 e. The molecule has 140 valence electrons. The third-order valence-electron chi connectivity index (χ3n) is 3.61. The third-order valence-corrected chi connectivity index (χ3v) is 4.31. The highest BCUT2D eigenvalue weighted by Crippen LogP contribution is 2.43. The fraction of sp³-hybridized carbons (Fsp3) is 0.294. The minimum atomic E-state index is -1.14. The summed E-state index contributed by atoms with van der Waals surface area (Å²) in [7, 11) is 1.41. The first kappa shape index (κ1) is 20.7. The Morgan fingerprint density at radius 3 is 2.50 bits per heavy atom. The Labute approximate surface area is 165 Å². The molecule has 1 aromatic carbocycles. The van der Waals surface area contributed by atoms with Crippen molar-refractivity contribution in [2.45, 2.75) is 19.4 Å². The molecule has 1 aliphatic heterocycles. The van der Waals surface area contributed by atoms with E-state index in [4.69, 9.17) is 49.1 Å². The first-order valence-electron chi connectivity index (χ1n) is 7.34. The van der Waals surface area contributed by atoms with E-state index in [1.54, 1.807) is 26.0 Å². The lowest BCUT2D eigenvalue weighted by Crippen LogP contribution is -2.44. The molecule has 0 atom stereocenters. The molecule has 1 aromatic rings. The van der Waals surface area contributed by atoms with E-state index in [2.05, 4.69) is 6.58 Å². The maximum absolute atomic E-state index is 13.0. The molecule has 0 aliphatic carbocycles. The van der Waals surface area contributed by atoms with Crippen LogP contribution in [-0.2, 0) is 23.9 Å². The second-order valence-electron chi connectivity index (χ2n) is 5.82. The summed E-state index contributed by atoms with van der Waals surface area (Å²) in [4.78, 5) is 30.3. The first-order valence-corrected chi connectivity index (χ1v) is 8.47. The lowest BCUT2D eigenvalue weighted by molar-refractivity contribution is -0.239. The van der Waals surface area contributed by atoms with E-state index in [0.29, 0.717) is 10.6 Å². The van der Waals surface area contributed by atoms with E-state index < -0.39 is 17.4 Å². The number of halogens is 3. The zero-order valence-electron chi connectivity index (χ0n) is 14.3. The standard InChI is InChI=1S/C17H16Cl3NO5/c1-9(18)16(23)26-14-13(11-6-5-10(19)7-12(11)20)15(22)21(17(14,2)3)25-8-24-4/h5-7H,1,8H2,2-4H3. The van der Waals surface area contributed by atoms with Gasteiger partial charge in [-0.15, -0.1) is 0 Å². The van der Waals surface area contributed by atoms with Crippen molar-refractivity contribution in [3.8, 4) is 0 Å². The fourth-order valence-electron chi connectivity index (χ4n) is 2.43. The number of carbonyl (C=O) groups excluding carboxylic acids is 2. The Kier molecular flexibility index (Phi) is 6.37. The Morgan fingerprint density at radius 2 is 1.96 bits per heavy atom. The number of esters is 1. The van der Waals surface area contributed by atoms with E-state index in [9.17, 15) is 9.59 Å². The van der Waals surface area contributed by atoms with Crippen molar-refractivity contribution in [3.05, 3.63) is 51.2 Å². The Morgan fingerprint density at radius 1 is 1.31 bits per heavy atom. The van der Waals surface area contributed by atoms with Crippen LogP contribution in [0.1, 0.15) is 19.4 Å². The van der Waals surface area contributed by atoms with Crippen LogP contribution in [0.5, 0.6) is 0 Å². The van der Waals surface area contributed by atoms with Crippen LogP contribution < -0.4 is 0 Å². The van der Waals surface area contributed by atoms with Crippen molar-refractivity contribution < 1.29 is 23.9 Å². The molecule has 0 saturated carbocycles. The quantitative estimate of drug-likeness (QED) is 0.393. The fourth-order valence-corrected chi connectivity index (χ4v) is 2.97. The topological polar surface area (TPSA) is 65.1 Å². The molecular formula is C17H16Cl3NO5. The van der Waals surface area contributed by atoms with Crippen LogP contribution in [-0.4, -0.2) is 36.4 Å². The summed E-state index contributed by atoms with van der Waals surface area (Å²) in [5, 5.41) is 1.32. The average molecular weight is 421 g/mol. The van der Waals surface area contributed by atoms with Crippen LogP contribution in [0.2, 0.25) is 10.0 Å². The summed E-state index contributed by atoms with van der Waals surface area (Å²) in [6.45, 7) is 6.43. The summed E-state index contributed by atoms with van der Waals surface area (Å²) < 4.78 is 10.2. The number of benzene rings is 1. The molecule has 0 bridgehead atoms. The largest absolute Gasteiger partial charge is 0.423 e. The van der Waals surface area contributed by atoms with Gasteiger partial charge < -0.3 is 9.47 Å². The molecule has 9 heteroatoms. The Hall–Kier alpha value is -1.57. The molecule has 1 aliphatic rings. The van der Waals surface area contributed by atoms with Crippen molar-refractivity contribution in [2.75, 3.05) is 13.9 Å². The normalized spacial score (nSPS) is 16.2. The number of hydrogen-bond donors (Lipinski definition) is 0. The lowest BCUT2D eigenvalue weighted by Gasteiger charge is -2.31. The molecule has 0 N–H and O–H groups in total. The minimum absolute atomic E-state index is 0.0228. The number of nitrogens with zero attached hydrogens (tertiary/aromatic N) is 1. The number of carbonyl (C=O) groups is 2. The van der Waals surface area contributed by atoms with E-state index in [1.807, 2.05) is 0 Å². The van der Waals surface area contributed by atoms with Crippen molar-refractivity contribution >= 4 is 52.3 Å². The Bertz CT molecular complexity index is 804. The SMILES string of the molecule is C=C(Cl)C(=O)OC1=C(c2ccc(Cl)cc2Cl)C(=O)N(OCOC)C1(C)C. The van der Waals surface area contributed by atoms with Gasteiger partial charge >= 0.3 is 5.97 Å². The predicted molar refractivity (Wildman–Crippen MR) is 98.4 cm³/mol. The van der Waals surface area contributed by atoms with Gasteiger partial charge in [0.05, 0.1) is 10.6 Å². The van der Waals surface area contributed by atoms with E-state index in [-0.39, 0.29) is 28.2 Å². The van der Waals surface area contributed by atoms with Gasteiger partial charge in [0.25, 0.3) is 5.91 Å². The zero-order valence-corrected chi connectivity index (χ0v) is 16.5. The Balaban J connectivity index is 2.63. The van der Waals surface area contributed by atoms with E-state index in [0.717, 1.165) is 5.06 Å². The number of amides is 1. The van der Waals surface area contributed by atoms with Crippen molar-refractivity contribution in [3.63, 3.8) is 0 Å². The summed E-state index contributed by atoms with van der Waals surface area (Å²) >= 11 is 17.8. The number of ether oxygens (including phenoxy) is 2. The van der Waals surface area contributed by atoms with Crippen LogP contribution in [0.4, 0.5) is 0 Å². The van der Waals surface area contributed by atoms with Gasteiger partial charge in [-0.1, -0.05) is 47.4 Å². The van der Waals surface area contributed by atoms with Gasteiger partial charge in [0, 0.05) is 17.7 Å². The molecule has 26 heavy (non-hydrogen) atoms. The molecule has 0 aromatic heterocycles. The van der Waals surface area contributed by atoms with E-state index in [1.165, 1.54) is 13.2 Å². The number of rotatable bonds is 6. The third kappa shape index (κ3) is 3.89. The van der Waals surface area contributed by atoms with Crippen LogP contribution in [0.15, 0.2) is 35.6 Å². The molecule has 2 rings (SSSR count). The molecule has 0 radical (unpaired) electrons. The molecule has 0 saturated heterocycles.